The average molecular weight is 229 g/mol. The summed E-state index contributed by atoms with van der Waals surface area (Å²) >= 11 is 0. The van der Waals surface area contributed by atoms with Gasteiger partial charge in [-0.2, -0.15) is 0 Å². The SMILES string of the molecule is CC(CCCC(C)N1CCOCC1)C(=O)O. The molecule has 1 saturated heterocycles. The minimum absolute atomic E-state index is 0.211. The van der Waals surface area contributed by atoms with E-state index in [1.54, 1.807) is 6.92 Å². The number of nitrogens with zero attached hydrogens (tertiary/aromatic N) is 1. The molecule has 1 fully saturated rings. The highest BCUT2D eigenvalue weighted by Crippen LogP contribution is 2.14. The summed E-state index contributed by atoms with van der Waals surface area (Å²) in [7, 11) is 0. The van der Waals surface area contributed by atoms with Gasteiger partial charge in [0, 0.05) is 19.1 Å². The fourth-order valence-electron chi connectivity index (χ4n) is 2.04. The molecule has 0 saturated carbocycles. The maximum absolute atomic E-state index is 10.6. The summed E-state index contributed by atoms with van der Waals surface area (Å²) in [5.74, 6) is -0.893. The van der Waals surface area contributed by atoms with Crippen molar-refractivity contribution in [3.05, 3.63) is 0 Å². The van der Waals surface area contributed by atoms with Crippen molar-refractivity contribution in [2.75, 3.05) is 26.3 Å². The number of ether oxygens (including phenoxy) is 1. The summed E-state index contributed by atoms with van der Waals surface area (Å²) in [6.45, 7) is 7.68. The van der Waals surface area contributed by atoms with Gasteiger partial charge in [-0.3, -0.25) is 9.69 Å². The van der Waals surface area contributed by atoms with Crippen LogP contribution in [0.2, 0.25) is 0 Å². The predicted molar refractivity (Wildman–Crippen MR) is 62.5 cm³/mol. The van der Waals surface area contributed by atoms with Crippen LogP contribution in [0.15, 0.2) is 0 Å². The van der Waals surface area contributed by atoms with E-state index in [0.717, 1.165) is 45.6 Å². The van der Waals surface area contributed by atoms with Gasteiger partial charge in [0.05, 0.1) is 19.1 Å². The second-order valence-electron chi connectivity index (χ2n) is 4.67. The Hall–Kier alpha value is -0.610. The fraction of sp³-hybridized carbons (Fsp3) is 0.917. The van der Waals surface area contributed by atoms with Gasteiger partial charge in [-0.1, -0.05) is 13.3 Å². The average Bonchev–Trinajstić information content (AvgIpc) is 2.29. The van der Waals surface area contributed by atoms with E-state index < -0.39 is 5.97 Å². The Morgan fingerprint density at radius 3 is 2.50 bits per heavy atom. The van der Waals surface area contributed by atoms with E-state index in [-0.39, 0.29) is 5.92 Å². The number of aliphatic carboxylic acids is 1. The second kappa shape index (κ2) is 6.86. The number of carboxylic acid groups (broad SMARTS) is 1. The molecule has 0 aromatic carbocycles. The number of carbonyl (C=O) groups is 1. The highest BCUT2D eigenvalue weighted by Gasteiger charge is 2.17. The van der Waals surface area contributed by atoms with E-state index >= 15 is 0 Å². The number of rotatable bonds is 6. The van der Waals surface area contributed by atoms with Crippen molar-refractivity contribution in [3.8, 4) is 0 Å². The van der Waals surface area contributed by atoms with Crippen LogP contribution in [0.1, 0.15) is 33.1 Å². The molecule has 0 bridgehead atoms. The van der Waals surface area contributed by atoms with Crippen LogP contribution in [-0.4, -0.2) is 48.3 Å². The van der Waals surface area contributed by atoms with Gasteiger partial charge in [0.15, 0.2) is 0 Å². The zero-order valence-electron chi connectivity index (χ0n) is 10.3. The topological polar surface area (TPSA) is 49.8 Å². The molecule has 0 spiro atoms. The Morgan fingerprint density at radius 2 is 1.94 bits per heavy atom. The Morgan fingerprint density at radius 1 is 1.31 bits per heavy atom. The fourth-order valence-corrected chi connectivity index (χ4v) is 2.04. The van der Waals surface area contributed by atoms with Gasteiger partial charge >= 0.3 is 5.97 Å². The summed E-state index contributed by atoms with van der Waals surface area (Å²) in [5.41, 5.74) is 0. The van der Waals surface area contributed by atoms with Gasteiger partial charge < -0.3 is 9.84 Å². The van der Waals surface area contributed by atoms with E-state index in [1.807, 2.05) is 0 Å². The lowest BCUT2D eigenvalue weighted by Crippen LogP contribution is -2.42. The standard InChI is InChI=1S/C12H23NO3/c1-10(12(14)15)4-3-5-11(2)13-6-8-16-9-7-13/h10-11H,3-9H2,1-2H3,(H,14,15). The molecule has 4 heteroatoms. The van der Waals surface area contributed by atoms with Crippen LogP contribution >= 0.6 is 0 Å². The first-order valence-electron chi connectivity index (χ1n) is 6.16. The van der Waals surface area contributed by atoms with Crippen molar-refractivity contribution in [3.63, 3.8) is 0 Å². The molecule has 94 valence electrons. The molecule has 1 heterocycles. The van der Waals surface area contributed by atoms with E-state index in [4.69, 9.17) is 9.84 Å². The molecule has 1 aliphatic rings. The molecule has 16 heavy (non-hydrogen) atoms. The minimum atomic E-state index is -0.681. The largest absolute Gasteiger partial charge is 0.481 e. The Labute approximate surface area is 97.6 Å². The first-order valence-corrected chi connectivity index (χ1v) is 6.16. The third kappa shape index (κ3) is 4.49. The van der Waals surface area contributed by atoms with Crippen LogP contribution in [0.25, 0.3) is 0 Å². The van der Waals surface area contributed by atoms with Crippen LogP contribution in [0.4, 0.5) is 0 Å². The number of carboxylic acids is 1. The quantitative estimate of drug-likeness (QED) is 0.751. The van der Waals surface area contributed by atoms with Crippen LogP contribution in [0.5, 0.6) is 0 Å². The zero-order chi connectivity index (χ0) is 12.0. The summed E-state index contributed by atoms with van der Waals surface area (Å²) in [6, 6.07) is 0.546. The zero-order valence-corrected chi connectivity index (χ0v) is 10.3. The molecule has 1 aliphatic heterocycles. The minimum Gasteiger partial charge on any atom is -0.481 e. The molecule has 2 atom stereocenters. The summed E-state index contributed by atoms with van der Waals surface area (Å²) in [5, 5.41) is 8.77. The molecule has 1 rings (SSSR count). The Balaban J connectivity index is 2.14. The second-order valence-corrected chi connectivity index (χ2v) is 4.67. The van der Waals surface area contributed by atoms with Crippen molar-refractivity contribution in [1.29, 1.82) is 0 Å². The first-order chi connectivity index (χ1) is 7.61. The smallest absolute Gasteiger partial charge is 0.306 e. The molecule has 1 N–H and O–H groups in total. The van der Waals surface area contributed by atoms with Gasteiger partial charge in [-0.15, -0.1) is 0 Å². The summed E-state index contributed by atoms with van der Waals surface area (Å²) < 4.78 is 5.30. The van der Waals surface area contributed by atoms with E-state index in [1.165, 1.54) is 0 Å². The molecular weight excluding hydrogens is 206 g/mol. The van der Waals surface area contributed by atoms with Gasteiger partial charge in [0.25, 0.3) is 0 Å². The van der Waals surface area contributed by atoms with Crippen LogP contribution in [0, 0.1) is 5.92 Å². The van der Waals surface area contributed by atoms with Gasteiger partial charge in [-0.05, 0) is 19.8 Å². The molecule has 0 aromatic heterocycles. The molecule has 0 aliphatic carbocycles. The van der Waals surface area contributed by atoms with Crippen molar-refractivity contribution in [2.24, 2.45) is 5.92 Å². The Bertz CT molecular complexity index is 214. The molecule has 0 aromatic rings. The number of morpholine rings is 1. The maximum atomic E-state index is 10.6. The lowest BCUT2D eigenvalue weighted by Gasteiger charge is -2.32. The predicted octanol–water partition coefficient (Wildman–Crippen LogP) is 1.60. The van der Waals surface area contributed by atoms with Gasteiger partial charge in [-0.25, -0.2) is 0 Å². The summed E-state index contributed by atoms with van der Waals surface area (Å²) in [4.78, 5) is 13.1. The first kappa shape index (κ1) is 13.5. The van der Waals surface area contributed by atoms with E-state index in [2.05, 4.69) is 11.8 Å². The van der Waals surface area contributed by atoms with Crippen molar-refractivity contribution in [1.82, 2.24) is 4.90 Å². The highest BCUT2D eigenvalue weighted by atomic mass is 16.5. The molecule has 2 unspecified atom stereocenters. The summed E-state index contributed by atoms with van der Waals surface area (Å²) in [6.07, 6.45) is 2.85. The van der Waals surface area contributed by atoms with Crippen LogP contribution in [0.3, 0.4) is 0 Å². The molecule has 4 nitrogen and oxygen atoms in total. The van der Waals surface area contributed by atoms with Crippen LogP contribution < -0.4 is 0 Å². The van der Waals surface area contributed by atoms with Crippen molar-refractivity contribution >= 4 is 5.97 Å². The third-order valence-electron chi connectivity index (χ3n) is 3.35. The molecule has 0 amide bonds. The van der Waals surface area contributed by atoms with Gasteiger partial charge in [0.2, 0.25) is 0 Å². The van der Waals surface area contributed by atoms with E-state index in [9.17, 15) is 4.79 Å². The monoisotopic (exact) mass is 229 g/mol. The third-order valence-corrected chi connectivity index (χ3v) is 3.35. The number of hydrogen-bond donors (Lipinski definition) is 1. The van der Waals surface area contributed by atoms with Crippen LogP contribution in [-0.2, 0) is 9.53 Å². The normalized spacial score (nSPS) is 21.6. The van der Waals surface area contributed by atoms with Crippen molar-refractivity contribution in [2.45, 2.75) is 39.2 Å². The number of hydrogen-bond acceptors (Lipinski definition) is 3. The van der Waals surface area contributed by atoms with Gasteiger partial charge in [0.1, 0.15) is 0 Å². The van der Waals surface area contributed by atoms with E-state index in [0.29, 0.717) is 6.04 Å². The van der Waals surface area contributed by atoms with Crippen molar-refractivity contribution < 1.29 is 14.6 Å². The lowest BCUT2D eigenvalue weighted by atomic mass is 10.0. The lowest BCUT2D eigenvalue weighted by molar-refractivity contribution is -0.141. The molecular formula is C12H23NO3. The maximum Gasteiger partial charge on any atom is 0.306 e. The Kier molecular flexibility index (Phi) is 5.77. The molecule has 0 radical (unpaired) electrons. The highest BCUT2D eigenvalue weighted by molar-refractivity contribution is 5.69.